The summed E-state index contributed by atoms with van der Waals surface area (Å²) in [5.74, 6) is -0.458. The summed E-state index contributed by atoms with van der Waals surface area (Å²) in [5.41, 5.74) is 1.11. The van der Waals surface area contributed by atoms with Crippen LogP contribution in [0.15, 0.2) is 47.4 Å². The highest BCUT2D eigenvalue weighted by molar-refractivity contribution is 7.92. The number of nitrogens with zero attached hydrogens (tertiary/aromatic N) is 1. The molecule has 0 fully saturated rings. The van der Waals surface area contributed by atoms with Gasteiger partial charge < -0.3 is 14.6 Å². The van der Waals surface area contributed by atoms with Crippen LogP contribution < -0.4 is 13.8 Å². The Bertz CT molecular complexity index is 909. The van der Waals surface area contributed by atoms with Gasteiger partial charge in [0.15, 0.2) is 11.5 Å². The zero-order chi connectivity index (χ0) is 18.0. The van der Waals surface area contributed by atoms with Crippen molar-refractivity contribution >= 4 is 21.7 Å². The van der Waals surface area contributed by atoms with Crippen molar-refractivity contribution in [2.75, 3.05) is 24.1 Å². The molecule has 0 atom stereocenters. The fourth-order valence-corrected chi connectivity index (χ4v) is 3.95. The van der Waals surface area contributed by atoms with Gasteiger partial charge in [-0.2, -0.15) is 0 Å². The Hall–Kier alpha value is -2.74. The van der Waals surface area contributed by atoms with Crippen LogP contribution in [0, 0.1) is 6.92 Å². The van der Waals surface area contributed by atoms with Gasteiger partial charge in [0.1, 0.15) is 19.8 Å². The number of fused-ring (bicyclic) bond motifs is 1. The summed E-state index contributed by atoms with van der Waals surface area (Å²) in [6.45, 7) is 1.85. The smallest absolute Gasteiger partial charge is 0.324 e. The van der Waals surface area contributed by atoms with Crippen molar-refractivity contribution in [3.63, 3.8) is 0 Å². The number of hydrogen-bond acceptors (Lipinski definition) is 5. The van der Waals surface area contributed by atoms with Crippen LogP contribution in [0.2, 0.25) is 0 Å². The van der Waals surface area contributed by atoms with Crippen LogP contribution in [0.3, 0.4) is 0 Å². The van der Waals surface area contributed by atoms with E-state index in [0.717, 1.165) is 9.87 Å². The molecule has 25 heavy (non-hydrogen) atoms. The van der Waals surface area contributed by atoms with E-state index in [4.69, 9.17) is 14.6 Å². The number of aliphatic carboxylic acids is 1. The summed E-state index contributed by atoms with van der Waals surface area (Å²) in [5, 5.41) is 9.17. The van der Waals surface area contributed by atoms with Crippen molar-refractivity contribution in [2.24, 2.45) is 0 Å². The van der Waals surface area contributed by atoms with E-state index in [2.05, 4.69) is 0 Å². The number of ether oxygens (including phenoxy) is 2. The lowest BCUT2D eigenvalue weighted by Gasteiger charge is -2.24. The summed E-state index contributed by atoms with van der Waals surface area (Å²) in [7, 11) is -4.08. The molecule has 0 amide bonds. The van der Waals surface area contributed by atoms with Crippen molar-refractivity contribution in [3.8, 4) is 11.5 Å². The molecular formula is C17H17NO6S. The molecule has 132 valence electrons. The van der Waals surface area contributed by atoms with Crippen LogP contribution in [-0.2, 0) is 14.8 Å². The number of aryl methyl sites for hydroxylation is 1. The maximum Gasteiger partial charge on any atom is 0.324 e. The molecule has 1 aliphatic rings. The van der Waals surface area contributed by atoms with E-state index >= 15 is 0 Å². The fourth-order valence-electron chi connectivity index (χ4n) is 2.53. The predicted molar refractivity (Wildman–Crippen MR) is 90.8 cm³/mol. The molecule has 3 rings (SSSR count). The average molecular weight is 363 g/mol. The highest BCUT2D eigenvalue weighted by atomic mass is 32.2. The number of hydrogen-bond donors (Lipinski definition) is 1. The fraction of sp³-hybridized carbons (Fsp3) is 0.235. The Morgan fingerprint density at radius 3 is 2.52 bits per heavy atom. The van der Waals surface area contributed by atoms with Crippen LogP contribution in [0.25, 0.3) is 0 Å². The minimum absolute atomic E-state index is 0.0560. The van der Waals surface area contributed by atoms with E-state index < -0.39 is 22.5 Å². The first-order valence-corrected chi connectivity index (χ1v) is 9.03. The van der Waals surface area contributed by atoms with Crippen LogP contribution in [0.1, 0.15) is 5.56 Å². The van der Waals surface area contributed by atoms with Gasteiger partial charge in [-0.05, 0) is 36.8 Å². The van der Waals surface area contributed by atoms with Crippen molar-refractivity contribution in [1.29, 1.82) is 0 Å². The molecular weight excluding hydrogens is 346 g/mol. The SMILES string of the molecule is Cc1cccc(N(CC(=O)O)S(=O)(=O)c2ccc3c(c2)OCCO3)c1. The largest absolute Gasteiger partial charge is 0.486 e. The molecule has 0 bridgehead atoms. The molecule has 0 saturated heterocycles. The molecule has 7 nitrogen and oxygen atoms in total. The van der Waals surface area contributed by atoms with Gasteiger partial charge in [-0.25, -0.2) is 8.42 Å². The predicted octanol–water partition coefficient (Wildman–Crippen LogP) is 2.05. The standard InChI is InChI=1S/C17H17NO6S/c1-12-3-2-4-13(9-12)18(11-17(19)20)25(21,22)14-5-6-15-16(10-14)24-8-7-23-15/h2-6,9-10H,7-8,11H2,1H3,(H,19,20). The molecule has 2 aromatic carbocycles. The lowest BCUT2D eigenvalue weighted by molar-refractivity contribution is -0.135. The highest BCUT2D eigenvalue weighted by Gasteiger charge is 2.28. The minimum atomic E-state index is -4.08. The molecule has 0 unspecified atom stereocenters. The van der Waals surface area contributed by atoms with Gasteiger partial charge in [-0.3, -0.25) is 9.10 Å². The van der Waals surface area contributed by atoms with Crippen LogP contribution in [-0.4, -0.2) is 39.3 Å². The van der Waals surface area contributed by atoms with E-state index in [9.17, 15) is 13.2 Å². The van der Waals surface area contributed by atoms with E-state index in [0.29, 0.717) is 24.7 Å². The number of carboxylic acids is 1. The minimum Gasteiger partial charge on any atom is -0.486 e. The Labute approximate surface area is 145 Å². The van der Waals surface area contributed by atoms with Gasteiger partial charge in [0.2, 0.25) is 0 Å². The van der Waals surface area contributed by atoms with Crippen molar-refractivity contribution in [2.45, 2.75) is 11.8 Å². The van der Waals surface area contributed by atoms with Crippen molar-refractivity contribution in [3.05, 3.63) is 48.0 Å². The van der Waals surface area contributed by atoms with Gasteiger partial charge in [0.25, 0.3) is 10.0 Å². The van der Waals surface area contributed by atoms with Gasteiger partial charge in [0, 0.05) is 6.07 Å². The third-order valence-corrected chi connectivity index (χ3v) is 5.44. The third-order valence-electron chi connectivity index (χ3n) is 3.67. The number of sulfonamides is 1. The molecule has 0 saturated carbocycles. The number of carboxylic acid groups (broad SMARTS) is 1. The summed E-state index contributed by atoms with van der Waals surface area (Å²) in [4.78, 5) is 11.2. The maximum absolute atomic E-state index is 13.0. The van der Waals surface area contributed by atoms with E-state index in [-0.39, 0.29) is 10.6 Å². The highest BCUT2D eigenvalue weighted by Crippen LogP contribution is 2.34. The normalized spacial score (nSPS) is 13.3. The summed E-state index contributed by atoms with van der Waals surface area (Å²) in [6.07, 6.45) is 0. The molecule has 2 aromatic rings. The molecule has 0 aliphatic carbocycles. The first-order chi connectivity index (χ1) is 11.9. The zero-order valence-corrected chi connectivity index (χ0v) is 14.3. The first-order valence-electron chi connectivity index (χ1n) is 7.59. The quantitative estimate of drug-likeness (QED) is 0.874. The Morgan fingerprint density at radius 1 is 1.12 bits per heavy atom. The Balaban J connectivity index is 2.06. The van der Waals surface area contributed by atoms with E-state index in [1.165, 1.54) is 18.2 Å². The van der Waals surface area contributed by atoms with Gasteiger partial charge in [-0.15, -0.1) is 0 Å². The van der Waals surface area contributed by atoms with Gasteiger partial charge in [0.05, 0.1) is 10.6 Å². The number of benzene rings is 2. The molecule has 0 aromatic heterocycles. The second-order valence-corrected chi connectivity index (χ2v) is 7.41. The summed E-state index contributed by atoms with van der Waals surface area (Å²) < 4.78 is 37.7. The monoisotopic (exact) mass is 363 g/mol. The van der Waals surface area contributed by atoms with E-state index in [1.807, 2.05) is 0 Å². The molecule has 0 spiro atoms. The lowest BCUT2D eigenvalue weighted by atomic mass is 10.2. The molecule has 8 heteroatoms. The summed E-state index contributed by atoms with van der Waals surface area (Å²) in [6, 6.07) is 10.9. The Morgan fingerprint density at radius 2 is 1.84 bits per heavy atom. The van der Waals surface area contributed by atoms with Crippen LogP contribution in [0.4, 0.5) is 5.69 Å². The molecule has 0 radical (unpaired) electrons. The molecule has 1 heterocycles. The van der Waals surface area contributed by atoms with Gasteiger partial charge in [-0.1, -0.05) is 12.1 Å². The molecule has 1 N–H and O–H groups in total. The third kappa shape index (κ3) is 3.53. The van der Waals surface area contributed by atoms with Crippen molar-refractivity contribution in [1.82, 2.24) is 0 Å². The Kier molecular flexibility index (Phi) is 4.54. The number of carbonyl (C=O) groups is 1. The second-order valence-electron chi connectivity index (χ2n) is 5.55. The lowest BCUT2D eigenvalue weighted by Crippen LogP contribution is -2.35. The average Bonchev–Trinajstić information content (AvgIpc) is 2.59. The molecule has 1 aliphatic heterocycles. The van der Waals surface area contributed by atoms with Gasteiger partial charge >= 0.3 is 5.97 Å². The first kappa shape index (κ1) is 17.1. The zero-order valence-electron chi connectivity index (χ0n) is 13.5. The number of anilines is 1. The van der Waals surface area contributed by atoms with Crippen molar-refractivity contribution < 1.29 is 27.8 Å². The van der Waals surface area contributed by atoms with Crippen LogP contribution in [0.5, 0.6) is 11.5 Å². The maximum atomic E-state index is 13.0. The second kappa shape index (κ2) is 6.64. The van der Waals surface area contributed by atoms with Crippen LogP contribution >= 0.6 is 0 Å². The number of rotatable bonds is 5. The topological polar surface area (TPSA) is 93.1 Å². The van der Waals surface area contributed by atoms with E-state index in [1.54, 1.807) is 31.2 Å². The summed E-state index contributed by atoms with van der Waals surface area (Å²) >= 11 is 0.